The number of aromatic nitrogens is 2. The summed E-state index contributed by atoms with van der Waals surface area (Å²) in [6.07, 6.45) is 2.39. The molecular formula is C23H31N3O4. The van der Waals surface area contributed by atoms with Crippen molar-refractivity contribution in [3.63, 3.8) is 0 Å². The number of hydrogen-bond acceptors (Lipinski definition) is 5. The summed E-state index contributed by atoms with van der Waals surface area (Å²) in [6, 6.07) is 5.82. The molecule has 162 valence electrons. The number of rotatable bonds is 4. The topological polar surface area (TPSA) is 65.8 Å². The Balaban J connectivity index is 1.53. The van der Waals surface area contributed by atoms with Crippen molar-refractivity contribution in [2.45, 2.75) is 51.7 Å². The molecule has 1 atom stereocenters. The minimum Gasteiger partial charge on any atom is -0.493 e. The highest BCUT2D eigenvalue weighted by Crippen LogP contribution is 2.45. The molecule has 7 heteroatoms. The number of likely N-dealkylation sites (tertiary alicyclic amines) is 1. The first kappa shape index (κ1) is 20.7. The summed E-state index contributed by atoms with van der Waals surface area (Å²) >= 11 is 0. The Morgan fingerprint density at radius 3 is 2.40 bits per heavy atom. The van der Waals surface area contributed by atoms with E-state index in [-0.39, 0.29) is 17.6 Å². The third-order valence-electron chi connectivity index (χ3n) is 6.50. The van der Waals surface area contributed by atoms with Gasteiger partial charge in [0.05, 0.1) is 32.1 Å². The van der Waals surface area contributed by atoms with Gasteiger partial charge in [0.2, 0.25) is 5.91 Å². The van der Waals surface area contributed by atoms with Gasteiger partial charge >= 0.3 is 0 Å². The summed E-state index contributed by atoms with van der Waals surface area (Å²) < 4.78 is 19.2. The van der Waals surface area contributed by atoms with Crippen LogP contribution < -0.4 is 9.47 Å². The Morgan fingerprint density at radius 2 is 1.80 bits per heavy atom. The first-order chi connectivity index (χ1) is 14.4. The number of hydrogen-bond donors (Lipinski definition) is 0. The van der Waals surface area contributed by atoms with Crippen molar-refractivity contribution in [2.24, 2.45) is 0 Å². The monoisotopic (exact) mass is 413 g/mol. The van der Waals surface area contributed by atoms with Crippen LogP contribution in [-0.4, -0.2) is 54.5 Å². The molecule has 30 heavy (non-hydrogen) atoms. The number of carbonyl (C=O) groups is 1. The van der Waals surface area contributed by atoms with Crippen LogP contribution in [-0.2, 0) is 21.6 Å². The number of benzene rings is 1. The Kier molecular flexibility index (Phi) is 5.49. The maximum Gasteiger partial charge on any atom is 0.247 e. The van der Waals surface area contributed by atoms with E-state index >= 15 is 0 Å². The van der Waals surface area contributed by atoms with E-state index in [4.69, 9.17) is 14.2 Å². The summed E-state index contributed by atoms with van der Waals surface area (Å²) in [5.74, 6) is 1.58. The highest BCUT2D eigenvalue weighted by Gasteiger charge is 2.43. The number of carbonyl (C=O) groups excluding carboxylic acids is 1. The van der Waals surface area contributed by atoms with Gasteiger partial charge in [-0.1, -0.05) is 0 Å². The van der Waals surface area contributed by atoms with Crippen LogP contribution in [0.25, 0.3) is 0 Å². The zero-order chi connectivity index (χ0) is 21.5. The maximum atomic E-state index is 13.1. The quantitative estimate of drug-likeness (QED) is 0.770. The third kappa shape index (κ3) is 3.45. The molecule has 2 aliphatic heterocycles. The first-order valence-corrected chi connectivity index (χ1v) is 10.6. The molecule has 0 N–H and O–H groups in total. The van der Waals surface area contributed by atoms with Crippen LogP contribution in [0, 0.1) is 13.8 Å². The fourth-order valence-electron chi connectivity index (χ4n) is 4.90. The number of amides is 1. The van der Waals surface area contributed by atoms with Gasteiger partial charge in [-0.05, 0) is 69.4 Å². The van der Waals surface area contributed by atoms with Crippen molar-refractivity contribution in [3.05, 3.63) is 40.7 Å². The van der Waals surface area contributed by atoms with E-state index < -0.39 is 0 Å². The SMILES string of the molecule is COc1cc2c(cc1OC)C1(CCN(C(=O)C(C)n3nc(C)cc3C)CC1)OCC2. The fourth-order valence-corrected chi connectivity index (χ4v) is 4.90. The molecule has 2 aliphatic rings. The molecule has 1 spiro atoms. The molecule has 1 saturated heterocycles. The Bertz CT molecular complexity index is 944. The second-order valence-electron chi connectivity index (χ2n) is 8.33. The lowest BCUT2D eigenvalue weighted by Gasteiger charge is -2.45. The minimum absolute atomic E-state index is 0.111. The van der Waals surface area contributed by atoms with E-state index in [1.807, 2.05) is 36.4 Å². The van der Waals surface area contributed by atoms with Crippen LogP contribution in [0.4, 0.5) is 0 Å². The zero-order valence-corrected chi connectivity index (χ0v) is 18.5. The number of piperidine rings is 1. The molecule has 1 aromatic heterocycles. The molecule has 4 rings (SSSR count). The molecule has 2 aromatic rings. The van der Waals surface area contributed by atoms with E-state index in [9.17, 15) is 4.79 Å². The van der Waals surface area contributed by atoms with Crippen LogP contribution in [0.1, 0.15) is 48.3 Å². The van der Waals surface area contributed by atoms with Crippen LogP contribution in [0.2, 0.25) is 0 Å². The van der Waals surface area contributed by atoms with Gasteiger partial charge in [-0.25, -0.2) is 0 Å². The highest BCUT2D eigenvalue weighted by atomic mass is 16.5. The average molecular weight is 414 g/mol. The van der Waals surface area contributed by atoms with Crippen molar-refractivity contribution in [2.75, 3.05) is 33.9 Å². The summed E-state index contributed by atoms with van der Waals surface area (Å²) in [7, 11) is 3.32. The second-order valence-corrected chi connectivity index (χ2v) is 8.33. The van der Waals surface area contributed by atoms with E-state index in [1.54, 1.807) is 14.2 Å². The van der Waals surface area contributed by atoms with E-state index in [1.165, 1.54) is 11.1 Å². The predicted molar refractivity (Wildman–Crippen MR) is 113 cm³/mol. The van der Waals surface area contributed by atoms with Gasteiger partial charge in [-0.2, -0.15) is 5.10 Å². The van der Waals surface area contributed by atoms with Crippen molar-refractivity contribution in [1.29, 1.82) is 0 Å². The molecule has 3 heterocycles. The molecule has 1 fully saturated rings. The molecule has 0 bridgehead atoms. The fraction of sp³-hybridized carbons (Fsp3) is 0.565. The predicted octanol–water partition coefficient (Wildman–Crippen LogP) is 3.17. The Morgan fingerprint density at radius 1 is 1.13 bits per heavy atom. The molecule has 0 saturated carbocycles. The lowest BCUT2D eigenvalue weighted by atomic mass is 9.79. The molecule has 0 aliphatic carbocycles. The van der Waals surface area contributed by atoms with E-state index in [2.05, 4.69) is 17.2 Å². The summed E-state index contributed by atoms with van der Waals surface area (Å²) in [4.78, 5) is 15.1. The van der Waals surface area contributed by atoms with Crippen LogP contribution in [0.3, 0.4) is 0 Å². The van der Waals surface area contributed by atoms with E-state index in [0.29, 0.717) is 19.7 Å². The normalized spacial score (nSPS) is 18.8. The average Bonchev–Trinajstić information content (AvgIpc) is 3.10. The number of aryl methyl sites for hydroxylation is 2. The largest absolute Gasteiger partial charge is 0.493 e. The molecule has 1 amide bonds. The molecule has 7 nitrogen and oxygen atoms in total. The lowest BCUT2D eigenvalue weighted by Crippen LogP contribution is -2.49. The van der Waals surface area contributed by atoms with Gasteiger partial charge in [0.25, 0.3) is 0 Å². The van der Waals surface area contributed by atoms with Crippen molar-refractivity contribution in [1.82, 2.24) is 14.7 Å². The summed E-state index contributed by atoms with van der Waals surface area (Å²) in [5, 5.41) is 4.49. The first-order valence-electron chi connectivity index (χ1n) is 10.6. The van der Waals surface area contributed by atoms with Gasteiger partial charge in [0.1, 0.15) is 6.04 Å². The molecule has 1 aromatic carbocycles. The van der Waals surface area contributed by atoms with Gasteiger partial charge in [-0.15, -0.1) is 0 Å². The molecule has 0 radical (unpaired) electrons. The van der Waals surface area contributed by atoms with Crippen LogP contribution >= 0.6 is 0 Å². The molecule has 1 unspecified atom stereocenters. The smallest absolute Gasteiger partial charge is 0.247 e. The van der Waals surface area contributed by atoms with Crippen molar-refractivity contribution >= 4 is 5.91 Å². The van der Waals surface area contributed by atoms with Gasteiger partial charge in [0, 0.05) is 18.8 Å². The number of fused-ring (bicyclic) bond motifs is 2. The Labute approximate surface area is 177 Å². The molecular weight excluding hydrogens is 382 g/mol. The number of nitrogens with zero attached hydrogens (tertiary/aromatic N) is 3. The van der Waals surface area contributed by atoms with Gasteiger partial charge < -0.3 is 19.1 Å². The Hall–Kier alpha value is -2.54. The van der Waals surface area contributed by atoms with E-state index in [0.717, 1.165) is 42.1 Å². The number of ether oxygens (including phenoxy) is 3. The third-order valence-corrected chi connectivity index (χ3v) is 6.50. The van der Waals surface area contributed by atoms with Gasteiger partial charge in [0.15, 0.2) is 11.5 Å². The lowest BCUT2D eigenvalue weighted by molar-refractivity contribution is -0.143. The van der Waals surface area contributed by atoms with Crippen LogP contribution in [0.5, 0.6) is 11.5 Å². The highest BCUT2D eigenvalue weighted by molar-refractivity contribution is 5.80. The summed E-state index contributed by atoms with van der Waals surface area (Å²) in [6.45, 7) is 7.87. The number of methoxy groups -OCH3 is 2. The van der Waals surface area contributed by atoms with Gasteiger partial charge in [-0.3, -0.25) is 9.48 Å². The zero-order valence-electron chi connectivity index (χ0n) is 18.5. The standard InChI is InChI=1S/C23H31N3O4/c1-15-12-16(2)26(24-15)17(3)22(27)25-9-7-23(8-10-25)19-14-21(29-5)20(28-4)13-18(19)6-11-30-23/h12-14,17H,6-11H2,1-5H3. The maximum absolute atomic E-state index is 13.1. The minimum atomic E-state index is -0.370. The van der Waals surface area contributed by atoms with Crippen molar-refractivity contribution in [3.8, 4) is 11.5 Å². The second kappa shape index (κ2) is 7.95. The van der Waals surface area contributed by atoms with Crippen LogP contribution in [0.15, 0.2) is 18.2 Å². The summed E-state index contributed by atoms with van der Waals surface area (Å²) in [5.41, 5.74) is 3.99. The van der Waals surface area contributed by atoms with Crippen molar-refractivity contribution < 1.29 is 19.0 Å².